The van der Waals surface area contributed by atoms with Crippen LogP contribution in [0.3, 0.4) is 0 Å². The van der Waals surface area contributed by atoms with Gasteiger partial charge in [-0.2, -0.15) is 0 Å². The van der Waals surface area contributed by atoms with Gasteiger partial charge in [0.25, 0.3) is 0 Å². The molecular weight excluding hydrogens is 302 g/mol. The fraction of sp³-hybridized carbons (Fsp3) is 0.316. The monoisotopic (exact) mass is 323 g/mol. The summed E-state index contributed by atoms with van der Waals surface area (Å²) < 4.78 is 0. The highest BCUT2D eigenvalue weighted by Gasteiger charge is 2.35. The van der Waals surface area contributed by atoms with Crippen LogP contribution in [0.2, 0.25) is 0 Å². The smallest absolute Gasteiger partial charge is 0.227 e. The molecule has 2 amide bonds. The van der Waals surface area contributed by atoms with Gasteiger partial charge in [-0.1, -0.05) is 23.8 Å². The van der Waals surface area contributed by atoms with E-state index in [2.05, 4.69) is 16.4 Å². The number of nitrogens with one attached hydrogen (secondary N) is 1. The third-order valence-corrected chi connectivity index (χ3v) is 4.33. The summed E-state index contributed by atoms with van der Waals surface area (Å²) in [4.78, 5) is 30.5. The van der Waals surface area contributed by atoms with Crippen LogP contribution in [0.15, 0.2) is 42.7 Å². The highest BCUT2D eigenvalue weighted by Crippen LogP contribution is 2.28. The van der Waals surface area contributed by atoms with Gasteiger partial charge in [0.1, 0.15) is 0 Å². The molecule has 0 radical (unpaired) electrons. The minimum atomic E-state index is -0.310. The summed E-state index contributed by atoms with van der Waals surface area (Å²) in [7, 11) is 0. The summed E-state index contributed by atoms with van der Waals surface area (Å²) in [5.74, 6) is -0.391. The Hall–Kier alpha value is -2.69. The van der Waals surface area contributed by atoms with Crippen LogP contribution >= 0.6 is 0 Å². The van der Waals surface area contributed by atoms with Crippen molar-refractivity contribution >= 4 is 17.5 Å². The van der Waals surface area contributed by atoms with Gasteiger partial charge < -0.3 is 10.2 Å². The zero-order chi connectivity index (χ0) is 17.1. The Morgan fingerprint density at radius 3 is 2.88 bits per heavy atom. The van der Waals surface area contributed by atoms with E-state index in [9.17, 15) is 9.59 Å². The van der Waals surface area contributed by atoms with Gasteiger partial charge in [0, 0.05) is 37.6 Å². The molecule has 1 unspecified atom stereocenters. The van der Waals surface area contributed by atoms with Crippen LogP contribution in [0, 0.1) is 19.8 Å². The molecule has 1 fully saturated rings. The number of anilines is 1. The Balaban J connectivity index is 1.64. The number of benzene rings is 1. The normalized spacial score (nSPS) is 17.2. The number of hydrogen-bond donors (Lipinski definition) is 1. The maximum atomic E-state index is 12.4. The molecule has 1 saturated heterocycles. The molecule has 5 nitrogen and oxygen atoms in total. The van der Waals surface area contributed by atoms with E-state index in [4.69, 9.17) is 0 Å². The first kappa shape index (κ1) is 16.2. The van der Waals surface area contributed by atoms with Gasteiger partial charge in [-0.25, -0.2) is 0 Å². The van der Waals surface area contributed by atoms with Crippen molar-refractivity contribution in [2.45, 2.75) is 26.8 Å². The van der Waals surface area contributed by atoms with Gasteiger partial charge in [-0.15, -0.1) is 0 Å². The largest absolute Gasteiger partial charge is 0.352 e. The first-order valence-corrected chi connectivity index (χ1v) is 8.09. The van der Waals surface area contributed by atoms with E-state index in [1.807, 2.05) is 38.1 Å². The van der Waals surface area contributed by atoms with Crippen LogP contribution in [0.25, 0.3) is 0 Å². The van der Waals surface area contributed by atoms with E-state index in [0.29, 0.717) is 13.1 Å². The van der Waals surface area contributed by atoms with E-state index >= 15 is 0 Å². The lowest BCUT2D eigenvalue weighted by Crippen LogP contribution is -2.32. The fourth-order valence-electron chi connectivity index (χ4n) is 3.06. The highest BCUT2D eigenvalue weighted by atomic mass is 16.2. The average molecular weight is 323 g/mol. The molecule has 1 aliphatic heterocycles. The lowest BCUT2D eigenvalue weighted by Gasteiger charge is -2.19. The van der Waals surface area contributed by atoms with Gasteiger partial charge in [0.2, 0.25) is 11.8 Å². The Bertz CT molecular complexity index is 758. The van der Waals surface area contributed by atoms with Crippen LogP contribution in [-0.2, 0) is 16.1 Å². The molecule has 2 heterocycles. The van der Waals surface area contributed by atoms with Crippen molar-refractivity contribution in [2.24, 2.45) is 5.92 Å². The first-order valence-electron chi connectivity index (χ1n) is 8.09. The van der Waals surface area contributed by atoms with Crippen LogP contribution < -0.4 is 10.2 Å². The Morgan fingerprint density at radius 1 is 1.33 bits per heavy atom. The molecule has 1 N–H and O–H groups in total. The van der Waals surface area contributed by atoms with E-state index in [1.54, 1.807) is 17.3 Å². The number of carbonyl (C=O) groups is 2. The predicted molar refractivity (Wildman–Crippen MR) is 92.5 cm³/mol. The Kier molecular flexibility index (Phi) is 4.60. The minimum absolute atomic E-state index is 0.00322. The number of nitrogens with zero attached hydrogens (tertiary/aromatic N) is 2. The van der Waals surface area contributed by atoms with Crippen LogP contribution in [-0.4, -0.2) is 23.3 Å². The Morgan fingerprint density at radius 2 is 2.17 bits per heavy atom. The zero-order valence-corrected chi connectivity index (χ0v) is 14.0. The van der Waals surface area contributed by atoms with Gasteiger partial charge in [0.15, 0.2) is 0 Å². The lowest BCUT2D eigenvalue weighted by molar-refractivity contribution is -0.126. The summed E-state index contributed by atoms with van der Waals surface area (Å²) >= 11 is 0. The molecule has 3 rings (SSSR count). The molecule has 0 bridgehead atoms. The number of aromatic nitrogens is 1. The van der Waals surface area contributed by atoms with Crippen LogP contribution in [0.4, 0.5) is 5.69 Å². The van der Waals surface area contributed by atoms with Crippen molar-refractivity contribution in [3.63, 3.8) is 0 Å². The second-order valence-corrected chi connectivity index (χ2v) is 6.27. The van der Waals surface area contributed by atoms with E-state index in [0.717, 1.165) is 22.4 Å². The van der Waals surface area contributed by atoms with E-state index in [1.165, 1.54) is 0 Å². The van der Waals surface area contributed by atoms with Gasteiger partial charge in [-0.3, -0.25) is 14.6 Å². The molecule has 0 spiro atoms. The van der Waals surface area contributed by atoms with Gasteiger partial charge >= 0.3 is 0 Å². The van der Waals surface area contributed by atoms with Crippen LogP contribution in [0.1, 0.15) is 23.1 Å². The number of carbonyl (C=O) groups excluding carboxylic acids is 2. The van der Waals surface area contributed by atoms with Gasteiger partial charge in [0.05, 0.1) is 5.92 Å². The minimum Gasteiger partial charge on any atom is -0.352 e. The van der Waals surface area contributed by atoms with E-state index in [-0.39, 0.29) is 24.2 Å². The number of rotatable bonds is 4. The maximum absolute atomic E-state index is 12.4. The fourth-order valence-corrected chi connectivity index (χ4v) is 3.06. The second kappa shape index (κ2) is 6.83. The predicted octanol–water partition coefficient (Wildman–Crippen LogP) is 2.37. The topological polar surface area (TPSA) is 62.3 Å². The zero-order valence-electron chi connectivity index (χ0n) is 14.0. The molecule has 24 heavy (non-hydrogen) atoms. The summed E-state index contributed by atoms with van der Waals surface area (Å²) in [5.41, 5.74) is 4.06. The van der Waals surface area contributed by atoms with Crippen molar-refractivity contribution in [1.82, 2.24) is 10.3 Å². The molecular formula is C19H21N3O2. The summed E-state index contributed by atoms with van der Waals surface area (Å²) in [6.45, 7) is 4.88. The lowest BCUT2D eigenvalue weighted by atomic mass is 10.1. The quantitative estimate of drug-likeness (QED) is 0.939. The average Bonchev–Trinajstić information content (AvgIpc) is 2.95. The third-order valence-electron chi connectivity index (χ3n) is 4.33. The molecule has 0 aliphatic carbocycles. The molecule has 1 aromatic carbocycles. The highest BCUT2D eigenvalue weighted by molar-refractivity contribution is 6.00. The molecule has 1 aromatic heterocycles. The number of hydrogen-bond acceptors (Lipinski definition) is 3. The van der Waals surface area contributed by atoms with Crippen molar-refractivity contribution < 1.29 is 9.59 Å². The number of pyridine rings is 1. The van der Waals surface area contributed by atoms with Crippen molar-refractivity contribution in [2.75, 3.05) is 11.4 Å². The van der Waals surface area contributed by atoms with E-state index < -0.39 is 0 Å². The summed E-state index contributed by atoms with van der Waals surface area (Å²) in [6.07, 6.45) is 3.68. The van der Waals surface area contributed by atoms with Gasteiger partial charge in [-0.05, 0) is 37.1 Å². The number of amides is 2. The summed E-state index contributed by atoms with van der Waals surface area (Å²) in [5, 5.41) is 2.90. The molecule has 5 heteroatoms. The van der Waals surface area contributed by atoms with Crippen molar-refractivity contribution in [3.05, 3.63) is 59.4 Å². The Labute approximate surface area is 141 Å². The first-order chi connectivity index (χ1) is 11.5. The molecule has 0 saturated carbocycles. The maximum Gasteiger partial charge on any atom is 0.227 e. The molecule has 1 atom stereocenters. The van der Waals surface area contributed by atoms with Crippen molar-refractivity contribution in [3.8, 4) is 0 Å². The second-order valence-electron chi connectivity index (χ2n) is 6.27. The third kappa shape index (κ3) is 3.45. The van der Waals surface area contributed by atoms with Crippen molar-refractivity contribution in [1.29, 1.82) is 0 Å². The molecule has 1 aliphatic rings. The van der Waals surface area contributed by atoms with Crippen LogP contribution in [0.5, 0.6) is 0 Å². The standard InChI is InChI=1S/C19H21N3O2/c1-13-5-6-17(14(2)8-13)22-12-16(9-18(22)23)19(24)21-11-15-4-3-7-20-10-15/h3-8,10,16H,9,11-12H2,1-2H3,(H,21,24). The number of aryl methyl sites for hydroxylation is 2. The molecule has 124 valence electrons. The molecule has 2 aromatic rings. The summed E-state index contributed by atoms with van der Waals surface area (Å²) in [6, 6.07) is 9.75. The SMILES string of the molecule is Cc1ccc(N2CC(C(=O)NCc3cccnc3)CC2=O)c(C)c1.